The maximum absolute atomic E-state index is 4.85. The first kappa shape index (κ1) is 36.5. The molecule has 5 aromatic rings. The second kappa shape index (κ2) is 18.3. The first-order valence-electron chi connectivity index (χ1n) is 18.2. The molecule has 0 aliphatic heterocycles. The molecule has 0 spiro atoms. The van der Waals surface area contributed by atoms with Crippen LogP contribution < -0.4 is 5.32 Å². The molecular weight excluding hydrogens is 619 g/mol. The fourth-order valence-electron chi connectivity index (χ4n) is 6.15. The van der Waals surface area contributed by atoms with Crippen LogP contribution in [-0.2, 0) is 0 Å². The molecule has 0 bridgehead atoms. The Morgan fingerprint density at radius 2 is 1.49 bits per heavy atom. The molecule has 51 heavy (non-hydrogen) atoms. The van der Waals surface area contributed by atoms with Gasteiger partial charge < -0.3 is 5.32 Å². The largest absolute Gasteiger partial charge is 0.378 e. The zero-order valence-corrected chi connectivity index (χ0v) is 30.6. The van der Waals surface area contributed by atoms with Gasteiger partial charge in [-0.1, -0.05) is 144 Å². The van der Waals surface area contributed by atoms with Crippen LogP contribution in [0.1, 0.15) is 57.2 Å². The number of nitrogens with one attached hydrogen (secondary N) is 1. The average molecular weight is 668 g/mol. The van der Waals surface area contributed by atoms with Crippen molar-refractivity contribution in [1.29, 1.82) is 0 Å². The van der Waals surface area contributed by atoms with Crippen LogP contribution in [0.5, 0.6) is 0 Å². The lowest BCUT2D eigenvalue weighted by atomic mass is 9.92. The highest BCUT2D eigenvalue weighted by atomic mass is 14.9. The highest BCUT2D eigenvalue weighted by Gasteiger charge is 2.14. The SMILES string of the molecule is C=C/C=C(\NC1C=CC=CC1)c1cc(-c2ccc(C3=C/C(=N/c4ncccc4C)CC=C3)cc2)cc(-c2ccc3ccccc3c2)c1.CC.CC. The zero-order valence-electron chi connectivity index (χ0n) is 30.6. The summed E-state index contributed by atoms with van der Waals surface area (Å²) in [6, 6.07) is 35.2. The topological polar surface area (TPSA) is 37.3 Å². The van der Waals surface area contributed by atoms with Gasteiger partial charge >= 0.3 is 0 Å². The third kappa shape index (κ3) is 9.26. The Morgan fingerprint density at radius 3 is 2.22 bits per heavy atom. The van der Waals surface area contributed by atoms with Crippen LogP contribution >= 0.6 is 0 Å². The van der Waals surface area contributed by atoms with Crippen molar-refractivity contribution in [3.63, 3.8) is 0 Å². The number of hydrogen-bond donors (Lipinski definition) is 1. The molecule has 0 saturated carbocycles. The molecule has 3 heteroatoms. The van der Waals surface area contributed by atoms with Crippen LogP contribution in [0.2, 0.25) is 0 Å². The second-order valence-corrected chi connectivity index (χ2v) is 12.0. The van der Waals surface area contributed by atoms with Crippen LogP contribution in [0.3, 0.4) is 0 Å². The van der Waals surface area contributed by atoms with E-state index in [4.69, 9.17) is 4.99 Å². The minimum absolute atomic E-state index is 0.227. The molecule has 2 aliphatic rings. The minimum atomic E-state index is 0.227. The van der Waals surface area contributed by atoms with Gasteiger partial charge in [-0.05, 0) is 111 Å². The second-order valence-electron chi connectivity index (χ2n) is 12.0. The van der Waals surface area contributed by atoms with Crippen LogP contribution in [0.15, 0.2) is 170 Å². The number of benzene rings is 4. The smallest absolute Gasteiger partial charge is 0.154 e. The number of aliphatic imine (C=N–C) groups is 1. The van der Waals surface area contributed by atoms with Crippen molar-refractivity contribution in [2.75, 3.05) is 0 Å². The lowest BCUT2D eigenvalue weighted by Gasteiger charge is -2.21. The van der Waals surface area contributed by atoms with Gasteiger partial charge in [-0.2, -0.15) is 0 Å². The van der Waals surface area contributed by atoms with E-state index in [2.05, 4.69) is 150 Å². The standard InChI is InChI=1S/C44H37N3.2C2H6/c1-3-11-43(46-41-16-5-4-6-17-41)40-28-38(27-39(29-40)37-24-23-32-13-7-8-14-35(32)26-37)34-21-19-33(20-22-34)36-15-9-18-42(30-36)47-44-31(2)12-10-25-45-44;2*1-2/h3-16,19-30,41,46H,1,17-18H2,2H3;2*1-2H3/b43-11-,47-42+;;. The van der Waals surface area contributed by atoms with Gasteiger partial charge in [0.25, 0.3) is 0 Å². The summed E-state index contributed by atoms with van der Waals surface area (Å²) in [4.78, 5) is 9.31. The number of aryl methyl sites for hydroxylation is 1. The van der Waals surface area contributed by atoms with E-state index in [1.54, 1.807) is 6.20 Å². The summed E-state index contributed by atoms with van der Waals surface area (Å²) < 4.78 is 0. The van der Waals surface area contributed by atoms with Gasteiger partial charge in [0.2, 0.25) is 0 Å². The molecule has 1 N–H and O–H groups in total. The number of rotatable bonds is 8. The van der Waals surface area contributed by atoms with Gasteiger partial charge in [-0.15, -0.1) is 0 Å². The molecule has 2 aliphatic carbocycles. The normalized spacial score (nSPS) is 15.7. The number of fused-ring (bicyclic) bond motifs is 1. The van der Waals surface area contributed by atoms with Crippen LogP contribution in [0.4, 0.5) is 5.82 Å². The summed E-state index contributed by atoms with van der Waals surface area (Å²) in [5.74, 6) is 0.779. The Bertz CT molecular complexity index is 2140. The molecule has 1 aromatic heterocycles. The third-order valence-electron chi connectivity index (χ3n) is 8.66. The molecule has 3 nitrogen and oxygen atoms in total. The summed E-state index contributed by atoms with van der Waals surface area (Å²) in [5, 5.41) is 6.23. The fourth-order valence-corrected chi connectivity index (χ4v) is 6.15. The number of allylic oxidation sites excluding steroid dienone is 8. The van der Waals surface area contributed by atoms with E-state index < -0.39 is 0 Å². The molecule has 1 unspecified atom stereocenters. The number of pyridine rings is 1. The Morgan fingerprint density at radius 1 is 0.765 bits per heavy atom. The van der Waals surface area contributed by atoms with E-state index in [9.17, 15) is 0 Å². The quantitative estimate of drug-likeness (QED) is 0.167. The van der Waals surface area contributed by atoms with Crippen LogP contribution in [0, 0.1) is 6.92 Å². The van der Waals surface area contributed by atoms with Crippen LogP contribution in [-0.4, -0.2) is 16.7 Å². The molecule has 0 radical (unpaired) electrons. The Hall–Kier alpha value is -5.80. The molecule has 1 heterocycles. The van der Waals surface area contributed by atoms with E-state index >= 15 is 0 Å². The minimum Gasteiger partial charge on any atom is -0.378 e. The zero-order chi connectivity index (χ0) is 36.0. The maximum atomic E-state index is 4.85. The Labute approximate surface area is 304 Å². The first-order valence-corrected chi connectivity index (χ1v) is 18.2. The summed E-state index contributed by atoms with van der Waals surface area (Å²) in [6.45, 7) is 14.1. The van der Waals surface area contributed by atoms with E-state index in [0.29, 0.717) is 0 Å². The fraction of sp³-hybridized carbons (Fsp3) is 0.167. The first-order chi connectivity index (χ1) is 25.1. The average Bonchev–Trinajstić information content (AvgIpc) is 3.20. The molecule has 4 aromatic carbocycles. The molecule has 7 rings (SSSR count). The highest BCUT2D eigenvalue weighted by molar-refractivity contribution is 6.06. The molecule has 1 atom stereocenters. The lowest BCUT2D eigenvalue weighted by Crippen LogP contribution is -2.26. The monoisotopic (exact) mass is 667 g/mol. The summed E-state index contributed by atoms with van der Waals surface area (Å²) in [7, 11) is 0. The maximum Gasteiger partial charge on any atom is 0.154 e. The van der Waals surface area contributed by atoms with Crippen molar-refractivity contribution in [3.8, 4) is 22.3 Å². The van der Waals surface area contributed by atoms with Crippen molar-refractivity contribution in [2.24, 2.45) is 4.99 Å². The van der Waals surface area contributed by atoms with E-state index in [0.717, 1.165) is 63.5 Å². The van der Waals surface area contributed by atoms with Gasteiger partial charge in [0.15, 0.2) is 5.82 Å². The predicted molar refractivity (Wildman–Crippen MR) is 223 cm³/mol. The van der Waals surface area contributed by atoms with Crippen LogP contribution in [0.25, 0.3) is 44.3 Å². The van der Waals surface area contributed by atoms with Crippen molar-refractivity contribution in [2.45, 2.75) is 53.5 Å². The predicted octanol–water partition coefficient (Wildman–Crippen LogP) is 13.0. The lowest BCUT2D eigenvalue weighted by molar-refractivity contribution is 0.718. The van der Waals surface area contributed by atoms with E-state index in [-0.39, 0.29) is 6.04 Å². The summed E-state index contributed by atoms with van der Waals surface area (Å²) in [5.41, 5.74) is 11.3. The number of hydrogen-bond acceptors (Lipinski definition) is 3. The van der Waals surface area contributed by atoms with Crippen molar-refractivity contribution in [1.82, 2.24) is 10.3 Å². The van der Waals surface area contributed by atoms with Crippen molar-refractivity contribution < 1.29 is 0 Å². The van der Waals surface area contributed by atoms with Crippen molar-refractivity contribution >= 4 is 33.6 Å². The van der Waals surface area contributed by atoms with E-state index in [1.165, 1.54) is 21.9 Å². The number of aromatic nitrogens is 1. The summed E-state index contributed by atoms with van der Waals surface area (Å²) >= 11 is 0. The molecule has 256 valence electrons. The van der Waals surface area contributed by atoms with Gasteiger partial charge in [-0.3, -0.25) is 0 Å². The highest BCUT2D eigenvalue weighted by Crippen LogP contribution is 2.34. The molecule has 0 amide bonds. The van der Waals surface area contributed by atoms with Crippen molar-refractivity contribution in [3.05, 3.63) is 181 Å². The van der Waals surface area contributed by atoms with Gasteiger partial charge in [0, 0.05) is 30.1 Å². The Kier molecular flexibility index (Phi) is 13.1. The number of nitrogens with zero attached hydrogens (tertiary/aromatic N) is 2. The summed E-state index contributed by atoms with van der Waals surface area (Å²) in [6.07, 6.45) is 22.6. The molecular formula is C48H49N3. The molecule has 0 saturated heterocycles. The van der Waals surface area contributed by atoms with Gasteiger partial charge in [0.1, 0.15) is 0 Å². The Balaban J connectivity index is 0.00000122. The van der Waals surface area contributed by atoms with E-state index in [1.807, 2.05) is 52.8 Å². The van der Waals surface area contributed by atoms with Gasteiger partial charge in [-0.25, -0.2) is 9.98 Å². The molecule has 0 fully saturated rings. The third-order valence-corrected chi connectivity index (χ3v) is 8.66. The van der Waals surface area contributed by atoms with Gasteiger partial charge in [0.05, 0.1) is 0 Å².